The standard InChI is InChI=1S/C25H23FN4O4/c1-16(31)29-21-6-2-5-19(12-21)23-22(24(32)28-14-18-4-3-11-27-13-18)30(25(33)34-23)15-17-7-9-20(26)10-8-17/h2-13,22-23H,14-15H2,1H3,(H,28,32)(H,29,31). The molecule has 3 amide bonds. The number of nitrogens with zero attached hydrogens (tertiary/aromatic N) is 2. The number of aromatic nitrogens is 1. The minimum atomic E-state index is -0.984. The van der Waals surface area contributed by atoms with E-state index in [1.807, 2.05) is 6.07 Å². The van der Waals surface area contributed by atoms with Gasteiger partial charge < -0.3 is 15.4 Å². The molecule has 2 atom stereocenters. The van der Waals surface area contributed by atoms with Crippen molar-refractivity contribution in [1.29, 1.82) is 0 Å². The Morgan fingerprint density at radius 1 is 1.09 bits per heavy atom. The number of pyridine rings is 1. The quantitative estimate of drug-likeness (QED) is 0.559. The summed E-state index contributed by atoms with van der Waals surface area (Å²) in [4.78, 5) is 43.0. The number of ether oxygens (including phenoxy) is 1. The van der Waals surface area contributed by atoms with Gasteiger partial charge in [-0.2, -0.15) is 0 Å². The molecule has 8 nitrogen and oxygen atoms in total. The number of benzene rings is 2. The second-order valence-electron chi connectivity index (χ2n) is 7.89. The molecule has 1 fully saturated rings. The first-order chi connectivity index (χ1) is 16.4. The lowest BCUT2D eigenvalue weighted by molar-refractivity contribution is -0.126. The molecule has 3 aromatic rings. The average molecular weight is 462 g/mol. The fourth-order valence-corrected chi connectivity index (χ4v) is 3.79. The molecule has 0 saturated carbocycles. The maximum Gasteiger partial charge on any atom is 0.411 e. The summed E-state index contributed by atoms with van der Waals surface area (Å²) in [5.41, 5.74) is 2.53. The molecule has 0 aliphatic carbocycles. The van der Waals surface area contributed by atoms with E-state index in [0.29, 0.717) is 16.8 Å². The van der Waals surface area contributed by atoms with Crippen molar-refractivity contribution >= 4 is 23.6 Å². The van der Waals surface area contributed by atoms with Crippen LogP contribution in [0.5, 0.6) is 0 Å². The van der Waals surface area contributed by atoms with Crippen molar-refractivity contribution in [2.75, 3.05) is 5.32 Å². The Morgan fingerprint density at radius 2 is 1.88 bits per heavy atom. The van der Waals surface area contributed by atoms with E-state index in [2.05, 4.69) is 15.6 Å². The van der Waals surface area contributed by atoms with Crippen LogP contribution in [0.25, 0.3) is 0 Å². The molecule has 0 spiro atoms. The summed E-state index contributed by atoms with van der Waals surface area (Å²) in [6.07, 6.45) is 1.70. The van der Waals surface area contributed by atoms with Crippen LogP contribution < -0.4 is 10.6 Å². The van der Waals surface area contributed by atoms with Gasteiger partial charge in [-0.3, -0.25) is 19.5 Å². The molecular formula is C25H23FN4O4. The molecule has 1 aliphatic heterocycles. The number of nitrogens with one attached hydrogen (secondary N) is 2. The normalized spacial score (nSPS) is 17.2. The first-order valence-electron chi connectivity index (χ1n) is 10.7. The lowest BCUT2D eigenvalue weighted by Crippen LogP contribution is -2.46. The fourth-order valence-electron chi connectivity index (χ4n) is 3.79. The third-order valence-electron chi connectivity index (χ3n) is 5.34. The van der Waals surface area contributed by atoms with Gasteiger partial charge in [0.2, 0.25) is 11.8 Å². The highest BCUT2D eigenvalue weighted by Gasteiger charge is 2.47. The Morgan fingerprint density at radius 3 is 2.59 bits per heavy atom. The summed E-state index contributed by atoms with van der Waals surface area (Å²) in [6, 6.07) is 15.1. The first-order valence-corrected chi connectivity index (χ1v) is 10.7. The van der Waals surface area contributed by atoms with Crippen LogP contribution in [0.4, 0.5) is 14.9 Å². The van der Waals surface area contributed by atoms with Crippen molar-refractivity contribution in [3.05, 3.63) is 95.6 Å². The Bertz CT molecular complexity index is 1190. The lowest BCUT2D eigenvalue weighted by Gasteiger charge is -2.24. The number of hydrogen-bond acceptors (Lipinski definition) is 5. The minimum absolute atomic E-state index is 0.0615. The summed E-state index contributed by atoms with van der Waals surface area (Å²) < 4.78 is 19.0. The molecule has 4 rings (SSSR count). The van der Waals surface area contributed by atoms with Gasteiger partial charge in [0.25, 0.3) is 0 Å². The smallest absolute Gasteiger partial charge is 0.411 e. The van der Waals surface area contributed by atoms with E-state index in [9.17, 15) is 18.8 Å². The van der Waals surface area contributed by atoms with Gasteiger partial charge in [0.15, 0.2) is 12.1 Å². The number of halogens is 1. The van der Waals surface area contributed by atoms with Crippen molar-refractivity contribution in [1.82, 2.24) is 15.2 Å². The van der Waals surface area contributed by atoms with Gasteiger partial charge in [-0.25, -0.2) is 9.18 Å². The van der Waals surface area contributed by atoms with Gasteiger partial charge in [-0.15, -0.1) is 0 Å². The van der Waals surface area contributed by atoms with E-state index in [4.69, 9.17) is 4.74 Å². The van der Waals surface area contributed by atoms with Crippen LogP contribution in [-0.4, -0.2) is 33.8 Å². The Hall–Kier alpha value is -4.27. The molecule has 0 bridgehead atoms. The molecule has 34 heavy (non-hydrogen) atoms. The molecule has 2 N–H and O–H groups in total. The van der Waals surface area contributed by atoms with Crippen molar-refractivity contribution in [2.24, 2.45) is 0 Å². The number of anilines is 1. The number of carbonyl (C=O) groups excluding carboxylic acids is 3. The van der Waals surface area contributed by atoms with E-state index in [-0.39, 0.29) is 19.0 Å². The van der Waals surface area contributed by atoms with Crippen LogP contribution in [0.3, 0.4) is 0 Å². The summed E-state index contributed by atoms with van der Waals surface area (Å²) in [6.45, 7) is 1.67. The van der Waals surface area contributed by atoms with Crippen LogP contribution in [0.1, 0.15) is 29.7 Å². The van der Waals surface area contributed by atoms with Crippen molar-refractivity contribution in [3.8, 4) is 0 Å². The molecule has 0 radical (unpaired) electrons. The van der Waals surface area contributed by atoms with Crippen LogP contribution in [0.2, 0.25) is 0 Å². The van der Waals surface area contributed by atoms with Gasteiger partial charge in [0, 0.05) is 31.5 Å². The van der Waals surface area contributed by atoms with Gasteiger partial charge in [0.1, 0.15) is 5.82 Å². The van der Waals surface area contributed by atoms with E-state index in [0.717, 1.165) is 5.56 Å². The Balaban J connectivity index is 1.62. The number of amides is 3. The summed E-state index contributed by atoms with van der Waals surface area (Å²) in [5.74, 6) is -1.05. The van der Waals surface area contributed by atoms with Crippen LogP contribution >= 0.6 is 0 Å². The van der Waals surface area contributed by atoms with E-state index >= 15 is 0 Å². The molecule has 9 heteroatoms. The monoisotopic (exact) mass is 462 g/mol. The second kappa shape index (κ2) is 10.1. The topological polar surface area (TPSA) is 101 Å². The molecule has 2 unspecified atom stereocenters. The Kier molecular flexibility index (Phi) is 6.82. The average Bonchev–Trinajstić information content (AvgIpc) is 3.15. The first kappa shape index (κ1) is 22.9. The molecule has 2 heterocycles. The predicted octanol–water partition coefficient (Wildman–Crippen LogP) is 3.56. The van der Waals surface area contributed by atoms with E-state index in [1.165, 1.54) is 24.0 Å². The van der Waals surface area contributed by atoms with Crippen LogP contribution in [-0.2, 0) is 27.4 Å². The van der Waals surface area contributed by atoms with Gasteiger partial charge in [0.05, 0.1) is 6.54 Å². The largest absolute Gasteiger partial charge is 0.438 e. The number of rotatable bonds is 7. The summed E-state index contributed by atoms with van der Waals surface area (Å²) >= 11 is 0. The van der Waals surface area contributed by atoms with Crippen molar-refractivity contribution < 1.29 is 23.5 Å². The second-order valence-corrected chi connectivity index (χ2v) is 7.89. The third kappa shape index (κ3) is 5.37. The highest BCUT2D eigenvalue weighted by Crippen LogP contribution is 2.35. The molecular weight excluding hydrogens is 439 g/mol. The Labute approximate surface area is 195 Å². The molecule has 1 aliphatic rings. The number of cyclic esters (lactones) is 1. The third-order valence-corrected chi connectivity index (χ3v) is 5.34. The summed E-state index contributed by atoms with van der Waals surface area (Å²) in [5, 5.41) is 5.54. The van der Waals surface area contributed by atoms with Crippen LogP contribution in [0.15, 0.2) is 73.1 Å². The maximum atomic E-state index is 13.4. The van der Waals surface area contributed by atoms with E-state index < -0.39 is 30.0 Å². The SMILES string of the molecule is CC(=O)Nc1cccc(C2OC(=O)N(Cc3ccc(F)cc3)C2C(=O)NCc2cccnc2)c1. The van der Waals surface area contributed by atoms with Gasteiger partial charge in [-0.1, -0.05) is 30.3 Å². The molecule has 2 aromatic carbocycles. The molecule has 174 valence electrons. The summed E-state index contributed by atoms with van der Waals surface area (Å²) in [7, 11) is 0. The zero-order chi connectivity index (χ0) is 24.1. The van der Waals surface area contributed by atoms with Gasteiger partial charge in [-0.05, 0) is 47.0 Å². The van der Waals surface area contributed by atoms with Crippen LogP contribution in [0, 0.1) is 5.82 Å². The predicted molar refractivity (Wildman–Crippen MR) is 122 cm³/mol. The number of hydrogen-bond donors (Lipinski definition) is 2. The highest BCUT2D eigenvalue weighted by atomic mass is 19.1. The molecule has 1 saturated heterocycles. The maximum absolute atomic E-state index is 13.4. The zero-order valence-corrected chi connectivity index (χ0v) is 18.4. The van der Waals surface area contributed by atoms with Crippen molar-refractivity contribution in [3.63, 3.8) is 0 Å². The van der Waals surface area contributed by atoms with Gasteiger partial charge >= 0.3 is 6.09 Å². The van der Waals surface area contributed by atoms with Crippen molar-refractivity contribution in [2.45, 2.75) is 32.2 Å². The highest BCUT2D eigenvalue weighted by molar-refractivity contribution is 5.90. The fraction of sp³-hybridized carbons (Fsp3) is 0.200. The minimum Gasteiger partial charge on any atom is -0.438 e. The number of carbonyl (C=O) groups is 3. The molecule has 1 aromatic heterocycles. The lowest BCUT2D eigenvalue weighted by atomic mass is 10.00. The van der Waals surface area contributed by atoms with E-state index in [1.54, 1.807) is 54.9 Å². The zero-order valence-electron chi connectivity index (χ0n) is 18.4.